The van der Waals surface area contributed by atoms with Crippen LogP contribution in [0.4, 0.5) is 0 Å². The molecule has 0 spiro atoms. The van der Waals surface area contributed by atoms with Crippen LogP contribution in [0.3, 0.4) is 0 Å². The smallest absolute Gasteiger partial charge is 0.0317 e. The number of rotatable bonds is 6. The van der Waals surface area contributed by atoms with Crippen molar-refractivity contribution >= 4 is 0 Å². The van der Waals surface area contributed by atoms with Crippen LogP contribution in [0.5, 0.6) is 0 Å². The number of likely N-dealkylation sites (N-methyl/N-ethyl adjacent to an activating group) is 1. The van der Waals surface area contributed by atoms with Crippen LogP contribution in [0.2, 0.25) is 0 Å². The lowest BCUT2D eigenvalue weighted by molar-refractivity contribution is 0.624. The molecule has 0 bridgehead atoms. The van der Waals surface area contributed by atoms with E-state index in [0.717, 1.165) is 6.42 Å². The molecule has 15 heavy (non-hydrogen) atoms. The molecular weight excluding hydrogens is 182 g/mol. The quantitative estimate of drug-likeness (QED) is 0.653. The minimum atomic E-state index is 0.407. The molecule has 84 valence electrons. The van der Waals surface area contributed by atoms with Crippen molar-refractivity contribution in [2.75, 3.05) is 7.05 Å². The predicted octanol–water partition coefficient (Wildman–Crippen LogP) is 3.62. The van der Waals surface area contributed by atoms with Crippen molar-refractivity contribution in [3.63, 3.8) is 0 Å². The number of allylic oxidation sites excluding steroid dienone is 5. The highest BCUT2D eigenvalue weighted by molar-refractivity contribution is 5.36. The van der Waals surface area contributed by atoms with Crippen molar-refractivity contribution in [3.8, 4) is 0 Å². The highest BCUT2D eigenvalue weighted by Gasteiger charge is 2.08. The average molecular weight is 205 g/mol. The second-order valence-electron chi connectivity index (χ2n) is 3.48. The third-order valence-corrected chi connectivity index (χ3v) is 2.47. The summed E-state index contributed by atoms with van der Waals surface area (Å²) in [6, 6.07) is 0.407. The molecule has 0 aromatic rings. The Hall–Kier alpha value is -1.08. The third kappa shape index (κ3) is 4.80. The Balaban J connectivity index is 4.97. The van der Waals surface area contributed by atoms with E-state index < -0.39 is 0 Å². The zero-order valence-electron chi connectivity index (χ0n) is 10.4. The summed E-state index contributed by atoms with van der Waals surface area (Å²) in [7, 11) is 1.99. The van der Waals surface area contributed by atoms with Gasteiger partial charge in [-0.05, 0) is 38.5 Å². The SMILES string of the molecule is C=C\C(C)=C(/C=C\C=C/C)C(CC)NC. The Bertz CT molecular complexity index is 265. The van der Waals surface area contributed by atoms with Gasteiger partial charge in [0.2, 0.25) is 0 Å². The summed E-state index contributed by atoms with van der Waals surface area (Å²) < 4.78 is 0. The molecule has 0 aromatic carbocycles. The lowest BCUT2D eigenvalue weighted by Crippen LogP contribution is -2.26. The molecule has 0 heterocycles. The van der Waals surface area contributed by atoms with Gasteiger partial charge in [0, 0.05) is 6.04 Å². The Kier molecular flexibility index (Phi) is 7.65. The van der Waals surface area contributed by atoms with Crippen LogP contribution in [-0.2, 0) is 0 Å². The maximum atomic E-state index is 3.82. The molecule has 0 aliphatic rings. The van der Waals surface area contributed by atoms with Gasteiger partial charge < -0.3 is 5.32 Å². The molecule has 0 saturated carbocycles. The normalized spacial score (nSPS) is 15.7. The standard InChI is InChI=1S/C14H23N/c1-6-9-10-11-13(12(4)7-2)14(8-3)15-5/h6-7,9-11,14-15H,2,8H2,1,3-5H3/b9-6-,11-10-,13-12+. The fourth-order valence-corrected chi connectivity index (χ4v) is 1.49. The molecule has 0 fully saturated rings. The summed E-state index contributed by atoms with van der Waals surface area (Å²) in [4.78, 5) is 0. The van der Waals surface area contributed by atoms with Crippen LogP contribution in [0.1, 0.15) is 27.2 Å². The molecule has 1 heteroatoms. The van der Waals surface area contributed by atoms with E-state index >= 15 is 0 Å². The molecule has 0 aromatic heterocycles. The van der Waals surface area contributed by atoms with Crippen LogP contribution < -0.4 is 5.32 Å². The summed E-state index contributed by atoms with van der Waals surface area (Å²) in [6.45, 7) is 10.1. The topological polar surface area (TPSA) is 12.0 Å². The molecule has 1 nitrogen and oxygen atoms in total. The van der Waals surface area contributed by atoms with E-state index in [2.05, 4.69) is 37.9 Å². The lowest BCUT2D eigenvalue weighted by Gasteiger charge is -2.17. The first-order valence-electron chi connectivity index (χ1n) is 5.51. The van der Waals surface area contributed by atoms with Gasteiger partial charge in [-0.3, -0.25) is 0 Å². The van der Waals surface area contributed by atoms with E-state index in [-0.39, 0.29) is 0 Å². The molecule has 0 rings (SSSR count). The van der Waals surface area contributed by atoms with Crippen molar-refractivity contribution in [1.82, 2.24) is 5.32 Å². The van der Waals surface area contributed by atoms with E-state index in [1.165, 1.54) is 11.1 Å². The first-order chi connectivity index (χ1) is 7.21. The molecule has 1 atom stereocenters. The zero-order valence-corrected chi connectivity index (χ0v) is 10.4. The second kappa shape index (κ2) is 8.25. The van der Waals surface area contributed by atoms with E-state index in [1.807, 2.05) is 32.2 Å². The fraction of sp³-hybridized carbons (Fsp3) is 0.429. The highest BCUT2D eigenvalue weighted by Crippen LogP contribution is 2.14. The van der Waals surface area contributed by atoms with Gasteiger partial charge in [-0.1, -0.05) is 43.9 Å². The Morgan fingerprint density at radius 2 is 2.07 bits per heavy atom. The predicted molar refractivity (Wildman–Crippen MR) is 70.0 cm³/mol. The van der Waals surface area contributed by atoms with Gasteiger partial charge in [0.05, 0.1) is 0 Å². The maximum absolute atomic E-state index is 3.82. The molecule has 0 radical (unpaired) electrons. The van der Waals surface area contributed by atoms with Crippen LogP contribution >= 0.6 is 0 Å². The minimum absolute atomic E-state index is 0.407. The molecule has 1 N–H and O–H groups in total. The second-order valence-corrected chi connectivity index (χ2v) is 3.48. The molecule has 1 unspecified atom stereocenters. The van der Waals surface area contributed by atoms with Gasteiger partial charge in [0.25, 0.3) is 0 Å². The molecule has 0 aliphatic heterocycles. The Morgan fingerprint density at radius 3 is 2.47 bits per heavy atom. The van der Waals surface area contributed by atoms with Gasteiger partial charge in [0.15, 0.2) is 0 Å². The fourth-order valence-electron chi connectivity index (χ4n) is 1.49. The highest BCUT2D eigenvalue weighted by atomic mass is 14.9. The van der Waals surface area contributed by atoms with Gasteiger partial charge in [-0.25, -0.2) is 0 Å². The summed E-state index contributed by atoms with van der Waals surface area (Å²) in [5, 5.41) is 3.31. The summed E-state index contributed by atoms with van der Waals surface area (Å²) in [6.07, 6.45) is 11.3. The van der Waals surface area contributed by atoms with Crippen molar-refractivity contribution in [3.05, 3.63) is 48.1 Å². The first kappa shape index (κ1) is 13.9. The Labute approximate surface area is 94.3 Å². The van der Waals surface area contributed by atoms with Crippen molar-refractivity contribution < 1.29 is 0 Å². The molecule has 0 amide bonds. The van der Waals surface area contributed by atoms with Crippen LogP contribution in [0.25, 0.3) is 0 Å². The van der Waals surface area contributed by atoms with E-state index in [9.17, 15) is 0 Å². The maximum Gasteiger partial charge on any atom is 0.0317 e. The van der Waals surface area contributed by atoms with Gasteiger partial charge in [0.1, 0.15) is 0 Å². The summed E-state index contributed by atoms with van der Waals surface area (Å²) >= 11 is 0. The average Bonchev–Trinajstić information content (AvgIpc) is 2.27. The summed E-state index contributed by atoms with van der Waals surface area (Å²) in [5.74, 6) is 0. The van der Waals surface area contributed by atoms with Crippen molar-refractivity contribution in [2.45, 2.75) is 33.2 Å². The van der Waals surface area contributed by atoms with Crippen LogP contribution in [0, 0.1) is 0 Å². The van der Waals surface area contributed by atoms with Gasteiger partial charge in [-0.15, -0.1) is 0 Å². The third-order valence-electron chi connectivity index (χ3n) is 2.47. The monoisotopic (exact) mass is 205 g/mol. The lowest BCUT2D eigenvalue weighted by atomic mass is 9.99. The van der Waals surface area contributed by atoms with E-state index in [1.54, 1.807) is 0 Å². The van der Waals surface area contributed by atoms with E-state index in [4.69, 9.17) is 0 Å². The molecule has 0 saturated heterocycles. The van der Waals surface area contributed by atoms with Crippen LogP contribution in [-0.4, -0.2) is 13.1 Å². The number of hydrogen-bond acceptors (Lipinski definition) is 1. The Morgan fingerprint density at radius 1 is 1.40 bits per heavy atom. The first-order valence-corrected chi connectivity index (χ1v) is 5.51. The van der Waals surface area contributed by atoms with Gasteiger partial charge >= 0.3 is 0 Å². The van der Waals surface area contributed by atoms with Crippen LogP contribution in [0.15, 0.2) is 48.1 Å². The largest absolute Gasteiger partial charge is 0.313 e. The van der Waals surface area contributed by atoms with Crippen molar-refractivity contribution in [2.24, 2.45) is 0 Å². The number of hydrogen-bond donors (Lipinski definition) is 1. The zero-order chi connectivity index (χ0) is 11.7. The van der Waals surface area contributed by atoms with E-state index in [0.29, 0.717) is 6.04 Å². The summed E-state index contributed by atoms with van der Waals surface area (Å²) in [5.41, 5.74) is 2.55. The molecule has 0 aliphatic carbocycles. The molecular formula is C14H23N. The van der Waals surface area contributed by atoms with Gasteiger partial charge in [-0.2, -0.15) is 0 Å². The van der Waals surface area contributed by atoms with Crippen molar-refractivity contribution in [1.29, 1.82) is 0 Å². The minimum Gasteiger partial charge on any atom is -0.313 e. The number of nitrogens with one attached hydrogen (secondary N) is 1.